The molecule has 1 aromatic heterocycles. The Morgan fingerprint density at radius 2 is 1.67 bits per heavy atom. The van der Waals surface area contributed by atoms with Crippen LogP contribution in [-0.4, -0.2) is 5.16 Å². The lowest BCUT2D eigenvalue weighted by molar-refractivity contribution is -0.00537. The van der Waals surface area contributed by atoms with Gasteiger partial charge < -0.3 is 9.84 Å². The van der Waals surface area contributed by atoms with Crippen molar-refractivity contribution >= 4 is 0 Å². The second-order valence-electron chi connectivity index (χ2n) is 7.03. The highest BCUT2D eigenvalue weighted by Crippen LogP contribution is 2.60. The van der Waals surface area contributed by atoms with Gasteiger partial charge in [0, 0.05) is 18.0 Å². The predicted molar refractivity (Wildman–Crippen MR) is 66.8 cm³/mol. The second-order valence-corrected chi connectivity index (χ2v) is 7.03. The van der Waals surface area contributed by atoms with Gasteiger partial charge in [0.05, 0.1) is 12.2 Å². The van der Waals surface area contributed by atoms with Crippen molar-refractivity contribution in [2.75, 3.05) is 0 Å². The van der Waals surface area contributed by atoms with Gasteiger partial charge >= 0.3 is 0 Å². The highest BCUT2D eigenvalue weighted by atomic mass is 16.5. The predicted octanol–water partition coefficient (Wildman–Crippen LogP) is 2.82. The molecule has 4 bridgehead atoms. The summed E-state index contributed by atoms with van der Waals surface area (Å²) in [6, 6.07) is 0. The van der Waals surface area contributed by atoms with Gasteiger partial charge in [-0.15, -0.1) is 0 Å². The summed E-state index contributed by atoms with van der Waals surface area (Å²) in [5, 5.41) is 7.87. The van der Waals surface area contributed by atoms with Gasteiger partial charge in [-0.3, -0.25) is 0 Å². The average molecular weight is 244 g/mol. The van der Waals surface area contributed by atoms with Crippen LogP contribution in [0.4, 0.5) is 0 Å². The van der Waals surface area contributed by atoms with Crippen LogP contribution in [0.25, 0.3) is 0 Å². The van der Waals surface area contributed by atoms with Crippen LogP contribution in [0.3, 0.4) is 0 Å². The second kappa shape index (κ2) is 3.38. The van der Waals surface area contributed by atoms with Gasteiger partial charge in [0.15, 0.2) is 5.76 Å². The zero-order valence-electron chi connectivity index (χ0n) is 10.7. The summed E-state index contributed by atoms with van der Waals surface area (Å²) in [7, 11) is 0. The fourth-order valence-electron chi connectivity index (χ4n) is 5.62. The molecule has 4 saturated carbocycles. The van der Waals surface area contributed by atoms with E-state index in [1.165, 1.54) is 43.4 Å². The van der Waals surface area contributed by atoms with E-state index in [1.807, 2.05) is 0 Å². The summed E-state index contributed by atoms with van der Waals surface area (Å²) >= 11 is 0. The fourth-order valence-corrected chi connectivity index (χ4v) is 5.62. The van der Waals surface area contributed by atoms with Gasteiger partial charge in [-0.25, -0.2) is 0 Å². The van der Waals surface area contributed by atoms with Crippen LogP contribution >= 0.6 is 0 Å². The summed E-state index contributed by atoms with van der Waals surface area (Å²) < 4.78 is 5.55. The monoisotopic (exact) mass is 244 g/mol. The van der Waals surface area contributed by atoms with Gasteiger partial charge in [0.2, 0.25) is 0 Å². The van der Waals surface area contributed by atoms with Crippen LogP contribution in [-0.2, 0) is 13.1 Å². The Kier molecular flexibility index (Phi) is 1.88. The van der Waals surface area contributed by atoms with Crippen molar-refractivity contribution in [3.05, 3.63) is 17.0 Å². The number of rotatable bonds is 1. The van der Waals surface area contributed by atoms with Crippen molar-refractivity contribution in [1.29, 1.82) is 0 Å². The molecule has 96 valence electrons. The molecule has 5 aliphatic rings. The molecule has 0 atom stereocenters. The number of nitrogens with one attached hydrogen (secondary N) is 1. The Morgan fingerprint density at radius 1 is 0.944 bits per heavy atom. The lowest BCUT2D eigenvalue weighted by atomic mass is 9.51. The first-order chi connectivity index (χ1) is 8.88. The zero-order chi connectivity index (χ0) is 11.7. The summed E-state index contributed by atoms with van der Waals surface area (Å²) in [4.78, 5) is 0. The Morgan fingerprint density at radius 3 is 2.39 bits per heavy atom. The number of fused-ring (bicyclic) bond motifs is 1. The molecule has 4 fully saturated rings. The Hall–Kier alpha value is -0.830. The van der Waals surface area contributed by atoms with Crippen LogP contribution in [0.1, 0.15) is 55.0 Å². The Bertz CT molecular complexity index is 465. The molecular weight excluding hydrogens is 224 g/mol. The molecule has 1 aliphatic heterocycles. The number of hydrogen-bond acceptors (Lipinski definition) is 3. The molecule has 3 heteroatoms. The third kappa shape index (κ3) is 1.21. The van der Waals surface area contributed by atoms with Gasteiger partial charge in [0.1, 0.15) is 0 Å². The maximum Gasteiger partial charge on any atom is 0.155 e. The molecular formula is C15H20N2O. The molecule has 3 nitrogen and oxygen atoms in total. The third-order valence-electron chi connectivity index (χ3n) is 6.03. The van der Waals surface area contributed by atoms with Crippen molar-refractivity contribution in [3.63, 3.8) is 0 Å². The van der Waals surface area contributed by atoms with E-state index in [1.54, 1.807) is 0 Å². The number of hydrogen-bond donors (Lipinski definition) is 1. The average Bonchev–Trinajstić information content (AvgIpc) is 2.91. The van der Waals surface area contributed by atoms with Gasteiger partial charge in [-0.1, -0.05) is 5.16 Å². The minimum Gasteiger partial charge on any atom is -0.359 e. The quantitative estimate of drug-likeness (QED) is 0.825. The van der Waals surface area contributed by atoms with Gasteiger partial charge in [-0.2, -0.15) is 0 Å². The summed E-state index contributed by atoms with van der Waals surface area (Å²) in [6.45, 7) is 1.87. The first-order valence-corrected chi connectivity index (χ1v) is 7.56. The lowest BCUT2D eigenvalue weighted by Crippen LogP contribution is -2.44. The van der Waals surface area contributed by atoms with Gasteiger partial charge in [-0.05, 0) is 55.8 Å². The van der Waals surface area contributed by atoms with Gasteiger partial charge in [0.25, 0.3) is 0 Å². The molecule has 18 heavy (non-hydrogen) atoms. The smallest absolute Gasteiger partial charge is 0.155 e. The minimum atomic E-state index is 0.727. The van der Waals surface area contributed by atoms with E-state index < -0.39 is 0 Å². The molecule has 0 radical (unpaired) electrons. The maximum atomic E-state index is 5.55. The first-order valence-electron chi connectivity index (χ1n) is 7.56. The molecule has 0 aromatic carbocycles. The van der Waals surface area contributed by atoms with E-state index in [2.05, 4.69) is 10.5 Å². The van der Waals surface area contributed by atoms with Crippen molar-refractivity contribution in [3.8, 4) is 0 Å². The molecule has 1 aromatic rings. The van der Waals surface area contributed by atoms with Crippen molar-refractivity contribution in [1.82, 2.24) is 10.5 Å². The normalized spacial score (nSPS) is 44.6. The van der Waals surface area contributed by atoms with E-state index in [0.29, 0.717) is 0 Å². The summed E-state index contributed by atoms with van der Waals surface area (Å²) in [5.74, 6) is 5.75. The molecule has 0 saturated heterocycles. The highest BCUT2D eigenvalue weighted by molar-refractivity contribution is 5.31. The van der Waals surface area contributed by atoms with Crippen LogP contribution in [0.2, 0.25) is 0 Å². The fraction of sp³-hybridized carbons (Fsp3) is 0.800. The number of aromatic nitrogens is 1. The first kappa shape index (κ1) is 10.0. The van der Waals surface area contributed by atoms with Crippen molar-refractivity contribution in [2.45, 2.75) is 51.1 Å². The van der Waals surface area contributed by atoms with E-state index in [9.17, 15) is 0 Å². The minimum absolute atomic E-state index is 0.727. The Labute approximate surface area is 107 Å². The zero-order valence-corrected chi connectivity index (χ0v) is 10.7. The highest BCUT2D eigenvalue weighted by Gasteiger charge is 2.50. The maximum absolute atomic E-state index is 5.55. The van der Waals surface area contributed by atoms with E-state index in [4.69, 9.17) is 4.52 Å². The molecule has 2 heterocycles. The van der Waals surface area contributed by atoms with Crippen LogP contribution < -0.4 is 5.32 Å². The Balaban J connectivity index is 1.56. The molecule has 4 aliphatic carbocycles. The van der Waals surface area contributed by atoms with Crippen molar-refractivity contribution < 1.29 is 4.52 Å². The molecule has 1 N–H and O–H groups in total. The molecule has 0 amide bonds. The number of nitrogens with zero attached hydrogens (tertiary/aromatic N) is 1. The van der Waals surface area contributed by atoms with Crippen LogP contribution in [0.15, 0.2) is 4.52 Å². The van der Waals surface area contributed by atoms with E-state index in [0.717, 1.165) is 48.4 Å². The van der Waals surface area contributed by atoms with Crippen LogP contribution in [0.5, 0.6) is 0 Å². The standard InChI is InChI=1S/C15H20N2O/c1-8-2-10-4-9(1)5-11(3-8)14(10)15-12-6-16-7-13(12)18-17-15/h8-11,14,16H,1-7H2. The van der Waals surface area contributed by atoms with E-state index >= 15 is 0 Å². The largest absolute Gasteiger partial charge is 0.359 e. The molecule has 0 unspecified atom stereocenters. The topological polar surface area (TPSA) is 38.1 Å². The molecule has 6 rings (SSSR count). The van der Waals surface area contributed by atoms with E-state index in [-0.39, 0.29) is 0 Å². The molecule has 0 spiro atoms. The summed E-state index contributed by atoms with van der Waals surface area (Å²) in [5.41, 5.74) is 2.75. The SMILES string of the molecule is C1NCc2c(C3C4CC5CC(C4)CC3C5)noc21. The summed E-state index contributed by atoms with van der Waals surface area (Å²) in [6.07, 6.45) is 7.39. The lowest BCUT2D eigenvalue weighted by Gasteiger charge is -2.54. The van der Waals surface area contributed by atoms with Crippen LogP contribution in [0, 0.1) is 23.7 Å². The van der Waals surface area contributed by atoms with Crippen molar-refractivity contribution in [2.24, 2.45) is 23.7 Å². The third-order valence-corrected chi connectivity index (χ3v) is 6.03.